The number of carbonyl (C=O) groups is 1. The van der Waals surface area contributed by atoms with E-state index in [4.69, 9.17) is 0 Å². The van der Waals surface area contributed by atoms with Gasteiger partial charge < -0.3 is 5.32 Å². The fourth-order valence-corrected chi connectivity index (χ4v) is 3.44. The number of halogens is 2. The van der Waals surface area contributed by atoms with E-state index in [0.29, 0.717) is 11.4 Å². The van der Waals surface area contributed by atoms with Crippen molar-refractivity contribution in [3.63, 3.8) is 0 Å². The Bertz CT molecular complexity index is 767. The zero-order valence-corrected chi connectivity index (χ0v) is 15.8. The van der Waals surface area contributed by atoms with Gasteiger partial charge in [-0.3, -0.25) is 14.4 Å². The Morgan fingerprint density at radius 2 is 1.85 bits per heavy atom. The monoisotopic (exact) mass is 376 g/mol. The molecular formula is C20H26F2N4O. The number of aromatic nitrogens is 2. The third-order valence-corrected chi connectivity index (χ3v) is 4.99. The van der Waals surface area contributed by atoms with Crippen LogP contribution in [0.1, 0.15) is 55.6 Å². The molecule has 0 saturated carbocycles. The maximum Gasteiger partial charge on any atom is 0.282 e. The molecule has 27 heavy (non-hydrogen) atoms. The number of piperidine rings is 1. The summed E-state index contributed by atoms with van der Waals surface area (Å²) < 4.78 is 26.9. The zero-order valence-electron chi connectivity index (χ0n) is 15.8. The first kappa shape index (κ1) is 19.5. The van der Waals surface area contributed by atoms with Crippen molar-refractivity contribution in [3.8, 4) is 0 Å². The predicted molar refractivity (Wildman–Crippen MR) is 101 cm³/mol. The summed E-state index contributed by atoms with van der Waals surface area (Å²) in [5.41, 5.74) is 2.12. The Morgan fingerprint density at radius 3 is 2.44 bits per heavy atom. The number of anilines is 1. The molecule has 1 aliphatic rings. The average molecular weight is 376 g/mol. The average Bonchev–Trinajstić information content (AvgIpc) is 3.05. The highest BCUT2D eigenvalue weighted by Gasteiger charge is 2.21. The number of aryl methyl sites for hydroxylation is 1. The van der Waals surface area contributed by atoms with Gasteiger partial charge in [-0.15, -0.1) is 0 Å². The summed E-state index contributed by atoms with van der Waals surface area (Å²) in [4.78, 5) is 14.9. The van der Waals surface area contributed by atoms with Crippen molar-refractivity contribution in [1.29, 1.82) is 0 Å². The standard InChI is InChI=1S/C20H26F2N4O/c1-14-12-18(19(21)22)24-26(14)15(2)20(27)23-17-8-6-16(7-9-17)13-25-10-4-3-5-11-25/h6-9,12,15,19H,3-5,10-11,13H2,1-2H3,(H,23,27). The van der Waals surface area contributed by atoms with Gasteiger partial charge in [0, 0.05) is 17.9 Å². The second kappa shape index (κ2) is 8.61. The second-order valence-electron chi connectivity index (χ2n) is 7.15. The van der Waals surface area contributed by atoms with Gasteiger partial charge in [0.2, 0.25) is 5.91 Å². The van der Waals surface area contributed by atoms with E-state index in [2.05, 4.69) is 15.3 Å². The van der Waals surface area contributed by atoms with E-state index in [1.165, 1.54) is 35.6 Å². The molecule has 1 atom stereocenters. The first-order chi connectivity index (χ1) is 12.9. The summed E-state index contributed by atoms with van der Waals surface area (Å²) in [6.45, 7) is 6.51. The molecule has 1 N–H and O–H groups in total. The minimum atomic E-state index is -2.65. The summed E-state index contributed by atoms with van der Waals surface area (Å²) >= 11 is 0. The van der Waals surface area contributed by atoms with Gasteiger partial charge in [0.15, 0.2) is 0 Å². The first-order valence-electron chi connectivity index (χ1n) is 9.40. The number of hydrogen-bond donors (Lipinski definition) is 1. The van der Waals surface area contributed by atoms with Gasteiger partial charge in [0.1, 0.15) is 11.7 Å². The van der Waals surface area contributed by atoms with Crippen LogP contribution >= 0.6 is 0 Å². The van der Waals surface area contributed by atoms with Gasteiger partial charge in [-0.05, 0) is 63.5 Å². The number of nitrogens with one attached hydrogen (secondary N) is 1. The maximum atomic E-state index is 12.8. The number of hydrogen-bond acceptors (Lipinski definition) is 3. The van der Waals surface area contributed by atoms with Crippen LogP contribution in [-0.4, -0.2) is 33.7 Å². The van der Waals surface area contributed by atoms with Crippen molar-refractivity contribution in [2.75, 3.05) is 18.4 Å². The normalized spacial score (nSPS) is 16.5. The van der Waals surface area contributed by atoms with Crippen LogP contribution in [0, 0.1) is 6.92 Å². The van der Waals surface area contributed by atoms with Crippen LogP contribution in [0.4, 0.5) is 14.5 Å². The maximum absolute atomic E-state index is 12.8. The molecule has 1 amide bonds. The predicted octanol–water partition coefficient (Wildman–Crippen LogP) is 4.31. The lowest BCUT2D eigenvalue weighted by Crippen LogP contribution is -2.29. The van der Waals surface area contributed by atoms with Gasteiger partial charge in [-0.2, -0.15) is 5.10 Å². The minimum Gasteiger partial charge on any atom is -0.324 e. The molecule has 2 aromatic rings. The number of benzene rings is 1. The molecular weight excluding hydrogens is 350 g/mol. The molecule has 5 nitrogen and oxygen atoms in total. The molecule has 1 unspecified atom stereocenters. The molecule has 0 bridgehead atoms. The van der Waals surface area contributed by atoms with E-state index in [-0.39, 0.29) is 11.6 Å². The van der Waals surface area contributed by atoms with Gasteiger partial charge in [0.05, 0.1) is 0 Å². The molecule has 1 fully saturated rings. The zero-order chi connectivity index (χ0) is 19.4. The third kappa shape index (κ3) is 4.91. The van der Waals surface area contributed by atoms with Crippen molar-refractivity contribution < 1.29 is 13.6 Å². The minimum absolute atomic E-state index is 0.286. The van der Waals surface area contributed by atoms with Crippen LogP contribution in [0.2, 0.25) is 0 Å². The molecule has 7 heteroatoms. The van der Waals surface area contributed by atoms with Gasteiger partial charge in [0.25, 0.3) is 6.43 Å². The van der Waals surface area contributed by atoms with E-state index < -0.39 is 12.5 Å². The molecule has 0 aliphatic carbocycles. The smallest absolute Gasteiger partial charge is 0.282 e. The van der Waals surface area contributed by atoms with Crippen molar-refractivity contribution >= 4 is 11.6 Å². The lowest BCUT2D eigenvalue weighted by atomic mass is 10.1. The SMILES string of the molecule is Cc1cc(C(F)F)nn1C(C)C(=O)Nc1ccc(CN2CCCCC2)cc1. The number of nitrogens with zero attached hydrogens (tertiary/aromatic N) is 3. The number of amides is 1. The third-order valence-electron chi connectivity index (χ3n) is 4.99. The van der Waals surface area contributed by atoms with Crippen LogP contribution in [0.5, 0.6) is 0 Å². The molecule has 0 radical (unpaired) electrons. The van der Waals surface area contributed by atoms with Crippen molar-refractivity contribution in [2.24, 2.45) is 0 Å². The van der Waals surface area contributed by atoms with Crippen LogP contribution < -0.4 is 5.32 Å². The van der Waals surface area contributed by atoms with Gasteiger partial charge in [-0.1, -0.05) is 18.6 Å². The number of likely N-dealkylation sites (tertiary alicyclic amines) is 1. The Kier molecular flexibility index (Phi) is 6.21. The lowest BCUT2D eigenvalue weighted by molar-refractivity contribution is -0.119. The molecule has 1 aromatic carbocycles. The number of rotatable bonds is 6. The molecule has 1 aromatic heterocycles. The van der Waals surface area contributed by atoms with E-state index in [1.54, 1.807) is 13.8 Å². The highest BCUT2D eigenvalue weighted by Crippen LogP contribution is 2.21. The second-order valence-corrected chi connectivity index (χ2v) is 7.15. The van der Waals surface area contributed by atoms with E-state index in [1.807, 2.05) is 24.3 Å². The topological polar surface area (TPSA) is 50.2 Å². The number of alkyl halides is 2. The molecule has 1 aliphatic heterocycles. The van der Waals surface area contributed by atoms with Crippen molar-refractivity contribution in [1.82, 2.24) is 14.7 Å². The molecule has 0 spiro atoms. The Labute approximate surface area is 158 Å². The summed E-state index contributed by atoms with van der Waals surface area (Å²) in [7, 11) is 0. The number of carbonyl (C=O) groups excluding carboxylic acids is 1. The van der Waals surface area contributed by atoms with Crippen LogP contribution in [-0.2, 0) is 11.3 Å². The fraction of sp³-hybridized carbons (Fsp3) is 0.500. The summed E-state index contributed by atoms with van der Waals surface area (Å²) in [6.07, 6.45) is 1.18. The van der Waals surface area contributed by atoms with Crippen molar-refractivity contribution in [3.05, 3.63) is 47.3 Å². The van der Waals surface area contributed by atoms with Crippen LogP contribution in [0.15, 0.2) is 30.3 Å². The van der Waals surface area contributed by atoms with Crippen LogP contribution in [0.25, 0.3) is 0 Å². The summed E-state index contributed by atoms with van der Waals surface area (Å²) in [5.74, 6) is -0.286. The highest BCUT2D eigenvalue weighted by molar-refractivity contribution is 5.93. The highest BCUT2D eigenvalue weighted by atomic mass is 19.3. The van der Waals surface area contributed by atoms with Crippen LogP contribution in [0.3, 0.4) is 0 Å². The van der Waals surface area contributed by atoms with Gasteiger partial charge in [-0.25, -0.2) is 8.78 Å². The summed E-state index contributed by atoms with van der Waals surface area (Å²) in [5, 5.41) is 6.69. The molecule has 146 valence electrons. The molecule has 2 heterocycles. The van der Waals surface area contributed by atoms with Gasteiger partial charge >= 0.3 is 0 Å². The molecule has 1 saturated heterocycles. The molecule has 3 rings (SSSR count). The lowest BCUT2D eigenvalue weighted by Gasteiger charge is -2.26. The van der Waals surface area contributed by atoms with E-state index >= 15 is 0 Å². The Hall–Kier alpha value is -2.28. The largest absolute Gasteiger partial charge is 0.324 e. The summed E-state index contributed by atoms with van der Waals surface area (Å²) in [6, 6.07) is 8.43. The van der Waals surface area contributed by atoms with E-state index in [9.17, 15) is 13.6 Å². The van der Waals surface area contributed by atoms with Crippen molar-refractivity contribution in [2.45, 2.75) is 52.1 Å². The van der Waals surface area contributed by atoms with E-state index in [0.717, 1.165) is 19.6 Å². The Balaban J connectivity index is 1.60. The Morgan fingerprint density at radius 1 is 1.19 bits per heavy atom. The quantitative estimate of drug-likeness (QED) is 0.817. The first-order valence-corrected chi connectivity index (χ1v) is 9.40. The fourth-order valence-electron chi connectivity index (χ4n) is 3.44.